The lowest BCUT2D eigenvalue weighted by Crippen LogP contribution is -2.20. The summed E-state index contributed by atoms with van der Waals surface area (Å²) in [5, 5.41) is 2.69. The number of rotatable bonds is 3. The Balaban J connectivity index is 1.93. The molecule has 1 aliphatic heterocycles. The monoisotopic (exact) mass is 400 g/mol. The Morgan fingerprint density at radius 2 is 2.04 bits per heavy atom. The van der Waals surface area contributed by atoms with Gasteiger partial charge in [-0.25, -0.2) is 12.8 Å². The highest BCUT2D eigenvalue weighted by Gasteiger charge is 2.23. The molecule has 0 fully saturated rings. The number of sulfonamides is 1. The first-order valence-corrected chi connectivity index (χ1v) is 10.2. The number of nitrogens with one attached hydrogen (secondary N) is 2. The number of carbonyl (C=O) groups is 1. The van der Waals surface area contributed by atoms with E-state index in [4.69, 9.17) is 11.6 Å². The minimum Gasteiger partial charge on any atom is -0.325 e. The Kier molecular flexibility index (Phi) is 4.95. The third-order valence-electron chi connectivity index (χ3n) is 3.63. The van der Waals surface area contributed by atoms with E-state index >= 15 is 0 Å². The van der Waals surface area contributed by atoms with Gasteiger partial charge in [0.1, 0.15) is 5.82 Å². The van der Waals surface area contributed by atoms with Crippen molar-refractivity contribution in [1.29, 1.82) is 0 Å². The average Bonchev–Trinajstić information content (AvgIpc) is 2.69. The van der Waals surface area contributed by atoms with Crippen LogP contribution in [0.25, 0.3) is 0 Å². The first-order chi connectivity index (χ1) is 11.8. The number of fused-ring (bicyclic) bond motifs is 1. The fourth-order valence-electron chi connectivity index (χ4n) is 2.22. The minimum atomic E-state index is -3.94. The van der Waals surface area contributed by atoms with Crippen LogP contribution in [0.2, 0.25) is 5.02 Å². The Labute approximate surface area is 154 Å². The van der Waals surface area contributed by atoms with Gasteiger partial charge in [-0.2, -0.15) is 0 Å². The standard InChI is InChI=1S/C16H14ClFN2O3S2/c1-9-8-24-15-5-3-11(7-14(15)19-16(9)21)25(22,23)20-13-4-2-10(18)6-12(13)17/h2-7,9,20H,8H2,1H3,(H,19,21)/t9-/m0/s1. The molecule has 0 saturated carbocycles. The van der Waals surface area contributed by atoms with E-state index in [2.05, 4.69) is 10.0 Å². The summed E-state index contributed by atoms with van der Waals surface area (Å²) in [5.74, 6) is -0.273. The van der Waals surface area contributed by atoms with Gasteiger partial charge >= 0.3 is 0 Å². The van der Waals surface area contributed by atoms with E-state index in [1.54, 1.807) is 6.07 Å². The number of hydrogen-bond donors (Lipinski definition) is 2. The van der Waals surface area contributed by atoms with Crippen LogP contribution in [0.15, 0.2) is 46.2 Å². The van der Waals surface area contributed by atoms with Gasteiger partial charge in [0.15, 0.2) is 0 Å². The lowest BCUT2D eigenvalue weighted by atomic mass is 10.2. The van der Waals surface area contributed by atoms with Crippen LogP contribution in [0.5, 0.6) is 0 Å². The fourth-order valence-corrected chi connectivity index (χ4v) is 4.61. The SMILES string of the molecule is C[C@H]1CSc2ccc(S(=O)(=O)Nc3ccc(F)cc3Cl)cc2NC1=O. The maximum atomic E-state index is 13.1. The number of anilines is 2. The Morgan fingerprint density at radius 1 is 1.28 bits per heavy atom. The Bertz CT molecular complexity index is 950. The van der Waals surface area contributed by atoms with E-state index in [1.807, 2.05) is 6.92 Å². The third-order valence-corrected chi connectivity index (χ3v) is 6.64. The summed E-state index contributed by atoms with van der Waals surface area (Å²) in [6, 6.07) is 7.89. The van der Waals surface area contributed by atoms with Gasteiger partial charge in [-0.3, -0.25) is 9.52 Å². The largest absolute Gasteiger partial charge is 0.325 e. The zero-order valence-electron chi connectivity index (χ0n) is 13.0. The third kappa shape index (κ3) is 3.91. The molecule has 25 heavy (non-hydrogen) atoms. The summed E-state index contributed by atoms with van der Waals surface area (Å²) >= 11 is 7.36. The number of halogens is 2. The van der Waals surface area contributed by atoms with Crippen molar-refractivity contribution in [2.45, 2.75) is 16.7 Å². The van der Waals surface area contributed by atoms with Gasteiger partial charge in [-0.1, -0.05) is 18.5 Å². The van der Waals surface area contributed by atoms with Crippen molar-refractivity contribution < 1.29 is 17.6 Å². The van der Waals surface area contributed by atoms with E-state index < -0.39 is 15.8 Å². The average molecular weight is 401 g/mol. The van der Waals surface area contributed by atoms with Gasteiger partial charge in [0.2, 0.25) is 5.91 Å². The molecule has 9 heteroatoms. The summed E-state index contributed by atoms with van der Waals surface area (Å²) in [4.78, 5) is 12.7. The molecule has 2 aromatic carbocycles. The molecule has 0 radical (unpaired) electrons. The number of hydrogen-bond acceptors (Lipinski definition) is 4. The topological polar surface area (TPSA) is 75.3 Å². The number of carbonyl (C=O) groups excluding carboxylic acids is 1. The van der Waals surface area contributed by atoms with Crippen molar-refractivity contribution in [3.63, 3.8) is 0 Å². The van der Waals surface area contributed by atoms with Crippen molar-refractivity contribution in [2.75, 3.05) is 15.8 Å². The van der Waals surface area contributed by atoms with E-state index in [-0.39, 0.29) is 27.4 Å². The zero-order chi connectivity index (χ0) is 18.2. The van der Waals surface area contributed by atoms with Gasteiger partial charge in [0.05, 0.1) is 21.3 Å². The van der Waals surface area contributed by atoms with Crippen LogP contribution in [0, 0.1) is 11.7 Å². The molecule has 0 aliphatic carbocycles. The predicted octanol–water partition coefficient (Wildman–Crippen LogP) is 3.96. The molecule has 0 spiro atoms. The lowest BCUT2D eigenvalue weighted by molar-refractivity contribution is -0.118. The molecule has 1 heterocycles. The lowest BCUT2D eigenvalue weighted by Gasteiger charge is -2.12. The van der Waals surface area contributed by atoms with E-state index in [9.17, 15) is 17.6 Å². The smallest absolute Gasteiger partial charge is 0.262 e. The van der Waals surface area contributed by atoms with Crippen LogP contribution in [0.4, 0.5) is 15.8 Å². The number of benzene rings is 2. The van der Waals surface area contributed by atoms with Crippen molar-refractivity contribution >= 4 is 50.7 Å². The molecule has 3 rings (SSSR count). The van der Waals surface area contributed by atoms with E-state index in [1.165, 1.54) is 30.0 Å². The quantitative estimate of drug-likeness (QED) is 0.817. The molecule has 1 aliphatic rings. The van der Waals surface area contributed by atoms with Crippen molar-refractivity contribution in [3.8, 4) is 0 Å². The molecule has 1 amide bonds. The molecule has 2 aromatic rings. The first kappa shape index (κ1) is 18.0. The highest BCUT2D eigenvalue weighted by Crippen LogP contribution is 2.34. The van der Waals surface area contributed by atoms with Crippen LogP contribution in [0.1, 0.15) is 6.92 Å². The van der Waals surface area contributed by atoms with Gasteiger partial charge in [-0.15, -0.1) is 11.8 Å². The van der Waals surface area contributed by atoms with Gasteiger partial charge in [0, 0.05) is 16.6 Å². The molecule has 0 bridgehead atoms. The molecular weight excluding hydrogens is 387 g/mol. The summed E-state index contributed by atoms with van der Waals surface area (Å²) in [5.41, 5.74) is 0.525. The second-order valence-electron chi connectivity index (χ2n) is 5.59. The number of amides is 1. The normalized spacial score (nSPS) is 17.4. The second kappa shape index (κ2) is 6.86. The molecule has 1 atom stereocenters. The Morgan fingerprint density at radius 3 is 2.76 bits per heavy atom. The van der Waals surface area contributed by atoms with Crippen LogP contribution in [-0.4, -0.2) is 20.1 Å². The molecule has 0 unspecified atom stereocenters. The number of thioether (sulfide) groups is 1. The first-order valence-electron chi connectivity index (χ1n) is 7.32. The van der Waals surface area contributed by atoms with Crippen molar-refractivity contribution in [1.82, 2.24) is 0 Å². The minimum absolute atomic E-state index is 0.0258. The van der Waals surface area contributed by atoms with Gasteiger partial charge in [0.25, 0.3) is 10.0 Å². The highest BCUT2D eigenvalue weighted by molar-refractivity contribution is 7.99. The molecule has 132 valence electrons. The van der Waals surface area contributed by atoms with Gasteiger partial charge in [-0.05, 0) is 36.4 Å². The van der Waals surface area contributed by atoms with Crippen LogP contribution < -0.4 is 10.0 Å². The van der Waals surface area contributed by atoms with E-state index in [0.717, 1.165) is 17.0 Å². The predicted molar refractivity (Wildman–Crippen MR) is 97.2 cm³/mol. The maximum absolute atomic E-state index is 13.1. The van der Waals surface area contributed by atoms with Crippen molar-refractivity contribution in [2.24, 2.45) is 5.92 Å². The van der Waals surface area contributed by atoms with Crippen LogP contribution in [-0.2, 0) is 14.8 Å². The van der Waals surface area contributed by atoms with Crippen LogP contribution >= 0.6 is 23.4 Å². The maximum Gasteiger partial charge on any atom is 0.262 e. The zero-order valence-corrected chi connectivity index (χ0v) is 15.4. The summed E-state index contributed by atoms with van der Waals surface area (Å²) in [7, 11) is -3.94. The van der Waals surface area contributed by atoms with Gasteiger partial charge < -0.3 is 5.32 Å². The molecule has 2 N–H and O–H groups in total. The summed E-state index contributed by atoms with van der Waals surface area (Å²) in [6.07, 6.45) is 0. The fraction of sp³-hybridized carbons (Fsp3) is 0.188. The second-order valence-corrected chi connectivity index (χ2v) is 8.74. The summed E-state index contributed by atoms with van der Waals surface area (Å²) in [6.45, 7) is 1.81. The highest BCUT2D eigenvalue weighted by atomic mass is 35.5. The molecule has 5 nitrogen and oxygen atoms in total. The molecule has 0 aromatic heterocycles. The summed E-state index contributed by atoms with van der Waals surface area (Å²) < 4.78 is 40.6. The molecular formula is C16H14ClFN2O3S2. The molecule has 0 saturated heterocycles. The van der Waals surface area contributed by atoms with E-state index in [0.29, 0.717) is 11.4 Å². The van der Waals surface area contributed by atoms with Crippen molar-refractivity contribution in [3.05, 3.63) is 47.2 Å². The van der Waals surface area contributed by atoms with Crippen LogP contribution in [0.3, 0.4) is 0 Å². The Hall–Kier alpha value is -1.77.